The van der Waals surface area contributed by atoms with Crippen LogP contribution in [0.25, 0.3) is 0 Å². The maximum absolute atomic E-state index is 13.2. The molecule has 0 fully saturated rings. The molecule has 0 radical (unpaired) electrons. The Morgan fingerprint density at radius 1 is 0.760 bits per heavy atom. The van der Waals surface area contributed by atoms with E-state index in [0.717, 1.165) is 0 Å². The summed E-state index contributed by atoms with van der Waals surface area (Å²) < 4.78 is 39.4. The summed E-state index contributed by atoms with van der Waals surface area (Å²) in [6.07, 6.45) is 0. The minimum atomic E-state index is -1.81. The summed E-state index contributed by atoms with van der Waals surface area (Å²) in [5.41, 5.74) is -4.51. The van der Waals surface area contributed by atoms with Crippen LogP contribution < -0.4 is 5.32 Å². The number of nitro groups is 3. The number of halogens is 3. The fourth-order valence-electron chi connectivity index (χ4n) is 1.89. The Morgan fingerprint density at radius 2 is 1.20 bits per heavy atom. The first kappa shape index (κ1) is 17.6. The number of rotatable bonds is 5. The van der Waals surface area contributed by atoms with Gasteiger partial charge in [-0.1, -0.05) is 0 Å². The topological polar surface area (TPSA) is 141 Å². The molecule has 0 amide bonds. The van der Waals surface area contributed by atoms with Crippen LogP contribution in [0.5, 0.6) is 0 Å². The fraction of sp³-hybridized carbons (Fsp3) is 0. The summed E-state index contributed by atoms with van der Waals surface area (Å²) >= 11 is 0. The molecule has 0 aliphatic rings. The van der Waals surface area contributed by atoms with E-state index < -0.39 is 60.7 Å². The largest absolute Gasteiger partial charge is 0.344 e. The second-order valence-corrected chi connectivity index (χ2v) is 4.51. The number of anilines is 2. The summed E-state index contributed by atoms with van der Waals surface area (Å²) in [5, 5.41) is 34.9. The molecular formula is C12H5F3N4O6. The van der Waals surface area contributed by atoms with Crippen molar-refractivity contribution in [3.63, 3.8) is 0 Å². The summed E-state index contributed by atoms with van der Waals surface area (Å²) in [4.78, 5) is 29.5. The summed E-state index contributed by atoms with van der Waals surface area (Å²) in [7, 11) is 0. The van der Waals surface area contributed by atoms with Gasteiger partial charge in [-0.05, 0) is 0 Å². The Hall–Kier alpha value is -3.77. The minimum Gasteiger partial charge on any atom is -0.344 e. The Bertz CT molecular complexity index is 862. The molecule has 10 nitrogen and oxygen atoms in total. The van der Waals surface area contributed by atoms with E-state index in [1.54, 1.807) is 0 Å². The van der Waals surface area contributed by atoms with Gasteiger partial charge in [0.2, 0.25) is 0 Å². The van der Waals surface area contributed by atoms with Gasteiger partial charge in [-0.2, -0.15) is 0 Å². The maximum atomic E-state index is 13.2. The van der Waals surface area contributed by atoms with E-state index in [4.69, 9.17) is 0 Å². The van der Waals surface area contributed by atoms with Crippen molar-refractivity contribution >= 4 is 28.4 Å². The molecule has 13 heteroatoms. The molecule has 0 aliphatic heterocycles. The molecule has 0 aromatic heterocycles. The molecule has 130 valence electrons. The van der Waals surface area contributed by atoms with Gasteiger partial charge < -0.3 is 5.32 Å². The molecule has 2 aromatic rings. The predicted molar refractivity (Wildman–Crippen MR) is 76.0 cm³/mol. The zero-order chi connectivity index (χ0) is 18.9. The van der Waals surface area contributed by atoms with Crippen LogP contribution in [0, 0.1) is 47.8 Å². The number of hydrogen-bond acceptors (Lipinski definition) is 7. The molecule has 1 N–H and O–H groups in total. The van der Waals surface area contributed by atoms with Crippen LogP contribution in [0.2, 0.25) is 0 Å². The number of nitro benzene ring substituents is 3. The van der Waals surface area contributed by atoms with Gasteiger partial charge in [0, 0.05) is 17.8 Å². The lowest BCUT2D eigenvalue weighted by Gasteiger charge is -2.08. The fourth-order valence-corrected chi connectivity index (χ4v) is 1.89. The Kier molecular flexibility index (Phi) is 4.49. The SMILES string of the molecule is O=[N+]([O-])c1cc([N+](=O)[O-])c(Nc2cc(F)c(F)c(F)c2)c([N+](=O)[O-])c1. The van der Waals surface area contributed by atoms with Crippen LogP contribution in [-0.2, 0) is 0 Å². The molecule has 0 saturated heterocycles. The van der Waals surface area contributed by atoms with Crippen LogP contribution in [0.15, 0.2) is 24.3 Å². The molecule has 0 saturated carbocycles. The highest BCUT2D eigenvalue weighted by Gasteiger charge is 2.31. The number of nitrogens with zero attached hydrogens (tertiary/aromatic N) is 3. The molecule has 0 heterocycles. The second-order valence-electron chi connectivity index (χ2n) is 4.51. The van der Waals surface area contributed by atoms with Crippen LogP contribution in [0.1, 0.15) is 0 Å². The summed E-state index contributed by atoms with van der Waals surface area (Å²) in [6.45, 7) is 0. The Balaban J connectivity index is 2.69. The normalized spacial score (nSPS) is 10.4. The smallest absolute Gasteiger partial charge is 0.306 e. The third kappa shape index (κ3) is 3.44. The number of non-ortho nitro benzene ring substituents is 1. The second kappa shape index (κ2) is 6.38. The van der Waals surface area contributed by atoms with Crippen molar-refractivity contribution in [1.29, 1.82) is 0 Å². The van der Waals surface area contributed by atoms with E-state index in [2.05, 4.69) is 0 Å². The highest BCUT2D eigenvalue weighted by atomic mass is 19.2. The van der Waals surface area contributed by atoms with E-state index in [-0.39, 0.29) is 0 Å². The number of nitrogens with one attached hydrogen (secondary N) is 1. The lowest BCUT2D eigenvalue weighted by molar-refractivity contribution is -0.401. The molecule has 0 aliphatic carbocycles. The first-order valence-corrected chi connectivity index (χ1v) is 6.14. The van der Waals surface area contributed by atoms with Crippen LogP contribution >= 0.6 is 0 Å². The quantitative estimate of drug-likeness (QED) is 0.489. The van der Waals surface area contributed by atoms with Crippen molar-refractivity contribution in [1.82, 2.24) is 0 Å². The molecule has 2 aromatic carbocycles. The van der Waals surface area contributed by atoms with Gasteiger partial charge in [0.1, 0.15) is 0 Å². The van der Waals surface area contributed by atoms with E-state index in [9.17, 15) is 43.5 Å². The van der Waals surface area contributed by atoms with Gasteiger partial charge in [-0.15, -0.1) is 0 Å². The van der Waals surface area contributed by atoms with Crippen LogP contribution in [-0.4, -0.2) is 14.8 Å². The van der Waals surface area contributed by atoms with Crippen molar-refractivity contribution in [2.75, 3.05) is 5.32 Å². The first-order valence-electron chi connectivity index (χ1n) is 6.14. The van der Waals surface area contributed by atoms with Crippen molar-refractivity contribution < 1.29 is 27.9 Å². The third-order valence-corrected chi connectivity index (χ3v) is 2.94. The van der Waals surface area contributed by atoms with Crippen molar-refractivity contribution in [3.05, 3.63) is 72.1 Å². The van der Waals surface area contributed by atoms with Gasteiger partial charge in [0.25, 0.3) is 5.69 Å². The lowest BCUT2D eigenvalue weighted by atomic mass is 10.2. The Morgan fingerprint density at radius 3 is 1.56 bits per heavy atom. The summed E-state index contributed by atoms with van der Waals surface area (Å²) in [5.74, 6) is -5.09. The highest BCUT2D eigenvalue weighted by molar-refractivity contribution is 5.81. The molecule has 0 bridgehead atoms. The maximum Gasteiger partial charge on any atom is 0.306 e. The van der Waals surface area contributed by atoms with Gasteiger partial charge in [0.05, 0.1) is 26.9 Å². The minimum absolute atomic E-state index is 0.410. The molecule has 2 rings (SSSR count). The van der Waals surface area contributed by atoms with E-state index >= 15 is 0 Å². The summed E-state index contributed by atoms with van der Waals surface area (Å²) in [6, 6.07) is 1.69. The molecule has 0 unspecified atom stereocenters. The average molecular weight is 358 g/mol. The van der Waals surface area contributed by atoms with Gasteiger partial charge in [-0.3, -0.25) is 30.3 Å². The van der Waals surface area contributed by atoms with E-state index in [1.807, 2.05) is 5.32 Å². The monoisotopic (exact) mass is 358 g/mol. The first-order chi connectivity index (χ1) is 11.6. The van der Waals surface area contributed by atoms with Crippen LogP contribution in [0.4, 0.5) is 41.6 Å². The predicted octanol–water partition coefficient (Wildman–Crippen LogP) is 3.57. The molecule has 25 heavy (non-hydrogen) atoms. The zero-order valence-electron chi connectivity index (χ0n) is 11.7. The zero-order valence-corrected chi connectivity index (χ0v) is 11.7. The molecule has 0 atom stereocenters. The molecular weight excluding hydrogens is 353 g/mol. The van der Waals surface area contributed by atoms with Crippen molar-refractivity contribution in [2.45, 2.75) is 0 Å². The Labute approximate surface area is 134 Å². The number of benzene rings is 2. The standard InChI is InChI=1S/C12H5F3N4O6/c13-7-1-5(2-8(14)11(7)15)16-12-9(18(22)23)3-6(17(20)21)4-10(12)19(24)25/h1-4,16H. The molecule has 0 spiro atoms. The van der Waals surface area contributed by atoms with E-state index in [0.29, 0.717) is 24.3 Å². The third-order valence-electron chi connectivity index (χ3n) is 2.94. The lowest BCUT2D eigenvalue weighted by Crippen LogP contribution is -2.04. The van der Waals surface area contributed by atoms with Gasteiger partial charge in [0.15, 0.2) is 23.1 Å². The average Bonchev–Trinajstić information content (AvgIpc) is 2.51. The van der Waals surface area contributed by atoms with Crippen molar-refractivity contribution in [3.8, 4) is 0 Å². The van der Waals surface area contributed by atoms with Gasteiger partial charge >= 0.3 is 11.4 Å². The highest BCUT2D eigenvalue weighted by Crippen LogP contribution is 2.40. The van der Waals surface area contributed by atoms with Crippen LogP contribution in [0.3, 0.4) is 0 Å². The number of hydrogen-bond donors (Lipinski definition) is 1. The van der Waals surface area contributed by atoms with Gasteiger partial charge in [-0.25, -0.2) is 13.2 Å². The van der Waals surface area contributed by atoms with E-state index in [1.165, 1.54) is 0 Å². The van der Waals surface area contributed by atoms with Crippen molar-refractivity contribution in [2.24, 2.45) is 0 Å².